The first-order chi connectivity index (χ1) is 19.8. The predicted octanol–water partition coefficient (Wildman–Crippen LogP) is 9.67. The van der Waals surface area contributed by atoms with Gasteiger partial charge in [-0.3, -0.25) is 4.79 Å². The van der Waals surface area contributed by atoms with Crippen LogP contribution in [0.25, 0.3) is 66.3 Å². The Hall–Kier alpha value is -4.51. The van der Waals surface area contributed by atoms with Crippen LogP contribution in [0.15, 0.2) is 106 Å². The molecule has 3 aromatic heterocycles. The van der Waals surface area contributed by atoms with Crippen LogP contribution in [-0.2, 0) is 24.9 Å². The van der Waals surface area contributed by atoms with Gasteiger partial charge in [0.25, 0.3) is 0 Å². The van der Waals surface area contributed by atoms with Crippen LogP contribution >= 0.6 is 0 Å². The number of aliphatic hydroxyl groups is 1. The molecule has 0 spiro atoms. The summed E-state index contributed by atoms with van der Waals surface area (Å²) < 4.78 is 13.1. The number of ketones is 1. The first-order valence-corrected chi connectivity index (χ1v) is 13.4. The molecule has 0 bridgehead atoms. The maximum absolute atomic E-state index is 10.0. The fraction of sp³-hybridized carbons (Fsp3) is 0.111. The fourth-order valence-electron chi connectivity index (χ4n) is 5.35. The summed E-state index contributed by atoms with van der Waals surface area (Å²) in [5, 5.41) is 12.7. The summed E-state index contributed by atoms with van der Waals surface area (Å²) >= 11 is 0. The topological polar surface area (TPSA) is 76.5 Å². The third kappa shape index (κ3) is 5.27. The molecule has 0 aliphatic heterocycles. The molecule has 211 valence electrons. The van der Waals surface area contributed by atoms with E-state index in [0.29, 0.717) is 0 Å². The molecule has 0 saturated heterocycles. The van der Waals surface area contributed by atoms with Crippen molar-refractivity contribution in [3.63, 3.8) is 0 Å². The van der Waals surface area contributed by atoms with Gasteiger partial charge in [0.05, 0.1) is 5.76 Å². The largest absolute Gasteiger partial charge is 0.512 e. The van der Waals surface area contributed by atoms with E-state index in [1.807, 2.05) is 30.5 Å². The summed E-state index contributed by atoms with van der Waals surface area (Å²) in [6.07, 6.45) is 3.03. The van der Waals surface area contributed by atoms with Gasteiger partial charge in [-0.05, 0) is 62.2 Å². The second kappa shape index (κ2) is 11.8. The van der Waals surface area contributed by atoms with E-state index in [1.54, 1.807) is 0 Å². The standard InChI is InChI=1S/C31H20NO2.C5H8O2.Ir/c1-18-8-6-12-22-24-17-26-28(23-13-7-9-19(2)30(23)33-26)27(31(24)34-29(18)22)21-14-15-32-25(16-21)20-10-4-3-5-11-20;1-4(6)3-5(2)7;/h3-10,12-17H,1-2H3;3,6H,1-2H3;/q-1;;/b;4-3-;. The van der Waals surface area contributed by atoms with E-state index in [2.05, 4.69) is 79.5 Å². The summed E-state index contributed by atoms with van der Waals surface area (Å²) in [6.45, 7) is 7.02. The molecular formula is C36H28IrNO4-. The summed E-state index contributed by atoms with van der Waals surface area (Å²) in [7, 11) is 0. The average molecular weight is 731 g/mol. The summed E-state index contributed by atoms with van der Waals surface area (Å²) in [6, 6.07) is 30.1. The number of para-hydroxylation sites is 2. The van der Waals surface area contributed by atoms with Crippen molar-refractivity contribution in [2.24, 2.45) is 0 Å². The molecule has 0 aliphatic rings. The van der Waals surface area contributed by atoms with Gasteiger partial charge in [0.15, 0.2) is 5.78 Å². The Morgan fingerprint density at radius 3 is 2.19 bits per heavy atom. The van der Waals surface area contributed by atoms with Crippen molar-refractivity contribution in [2.45, 2.75) is 27.7 Å². The minimum atomic E-state index is -0.125. The Bertz CT molecular complexity index is 2100. The zero-order valence-electron chi connectivity index (χ0n) is 23.6. The van der Waals surface area contributed by atoms with Crippen molar-refractivity contribution >= 4 is 49.7 Å². The van der Waals surface area contributed by atoms with Crippen LogP contribution in [0.4, 0.5) is 0 Å². The van der Waals surface area contributed by atoms with Crippen molar-refractivity contribution in [3.8, 4) is 22.4 Å². The number of furan rings is 2. The molecule has 3 heterocycles. The Balaban J connectivity index is 0.000000396. The number of nitrogens with zero attached hydrogens (tertiary/aromatic N) is 1. The van der Waals surface area contributed by atoms with E-state index in [4.69, 9.17) is 13.9 Å². The second-order valence-corrected chi connectivity index (χ2v) is 10.2. The van der Waals surface area contributed by atoms with Crippen LogP contribution in [0, 0.1) is 19.9 Å². The molecule has 6 heteroatoms. The molecule has 0 saturated carbocycles. The first kappa shape index (κ1) is 29.0. The monoisotopic (exact) mass is 731 g/mol. The number of aryl methyl sites for hydroxylation is 2. The number of allylic oxidation sites excluding steroid dienone is 2. The van der Waals surface area contributed by atoms with E-state index in [9.17, 15) is 4.79 Å². The van der Waals surface area contributed by atoms with Crippen LogP contribution in [0.2, 0.25) is 0 Å². The number of benzene rings is 4. The minimum absolute atomic E-state index is 0. The first-order valence-electron chi connectivity index (χ1n) is 13.4. The SMILES string of the molecule is CC(=O)/C=C(/C)O.Cc1cccc2c1oc1c(-c3ccnc(-c4[c-]cccc4)c3)c3c(cc12)oc1c(C)cccc13.[Ir]. The van der Waals surface area contributed by atoms with Gasteiger partial charge in [0.1, 0.15) is 22.3 Å². The van der Waals surface area contributed by atoms with E-state index in [1.165, 1.54) is 19.9 Å². The number of aliphatic hydroxyl groups excluding tert-OH is 1. The zero-order valence-corrected chi connectivity index (χ0v) is 26.0. The molecule has 4 aromatic carbocycles. The van der Waals surface area contributed by atoms with Gasteiger partial charge in [-0.15, -0.1) is 35.9 Å². The molecule has 0 fully saturated rings. The number of aromatic nitrogens is 1. The zero-order chi connectivity index (χ0) is 28.7. The molecular weight excluding hydrogens is 703 g/mol. The van der Waals surface area contributed by atoms with Crippen LogP contribution in [0.1, 0.15) is 25.0 Å². The van der Waals surface area contributed by atoms with E-state index < -0.39 is 0 Å². The van der Waals surface area contributed by atoms with Gasteiger partial charge >= 0.3 is 0 Å². The van der Waals surface area contributed by atoms with Crippen LogP contribution in [0.3, 0.4) is 0 Å². The molecule has 1 N–H and O–H groups in total. The van der Waals surface area contributed by atoms with Crippen LogP contribution < -0.4 is 0 Å². The number of fused-ring (bicyclic) bond motifs is 6. The molecule has 7 aromatic rings. The Labute approximate surface area is 256 Å². The molecule has 7 rings (SSSR count). The smallest absolute Gasteiger partial charge is 0.155 e. The van der Waals surface area contributed by atoms with Crippen LogP contribution in [0.5, 0.6) is 0 Å². The maximum atomic E-state index is 10.0. The van der Waals surface area contributed by atoms with E-state index in [0.717, 1.165) is 77.4 Å². The summed E-state index contributed by atoms with van der Waals surface area (Å²) in [4.78, 5) is 14.6. The van der Waals surface area contributed by atoms with E-state index >= 15 is 0 Å². The normalized spacial score (nSPS) is 11.5. The van der Waals surface area contributed by atoms with Crippen molar-refractivity contribution in [1.82, 2.24) is 4.98 Å². The van der Waals surface area contributed by atoms with Gasteiger partial charge in [0.2, 0.25) is 0 Å². The van der Waals surface area contributed by atoms with Gasteiger partial charge in [0, 0.05) is 59.5 Å². The quantitative estimate of drug-likeness (QED) is 0.111. The van der Waals surface area contributed by atoms with E-state index in [-0.39, 0.29) is 31.6 Å². The maximum Gasteiger partial charge on any atom is 0.155 e. The Morgan fingerprint density at radius 2 is 1.55 bits per heavy atom. The van der Waals surface area contributed by atoms with Crippen molar-refractivity contribution in [1.29, 1.82) is 0 Å². The molecule has 0 atom stereocenters. The molecule has 0 unspecified atom stereocenters. The third-order valence-corrected chi connectivity index (χ3v) is 7.09. The number of pyridine rings is 1. The van der Waals surface area contributed by atoms with Gasteiger partial charge in [-0.2, -0.15) is 0 Å². The fourth-order valence-corrected chi connectivity index (χ4v) is 5.35. The molecule has 1 radical (unpaired) electrons. The molecule has 0 amide bonds. The number of hydrogen-bond donors (Lipinski definition) is 1. The van der Waals surface area contributed by atoms with Crippen molar-refractivity contribution in [3.05, 3.63) is 114 Å². The van der Waals surface area contributed by atoms with Gasteiger partial charge in [-0.1, -0.05) is 42.5 Å². The number of hydrogen-bond acceptors (Lipinski definition) is 5. The number of carbonyl (C=O) groups excluding carboxylic acids is 1. The summed E-state index contributed by atoms with van der Waals surface area (Å²) in [5.74, 6) is -0.0625. The van der Waals surface area contributed by atoms with Crippen molar-refractivity contribution < 1.29 is 38.8 Å². The van der Waals surface area contributed by atoms with Crippen LogP contribution in [-0.4, -0.2) is 15.9 Å². The van der Waals surface area contributed by atoms with Gasteiger partial charge < -0.3 is 18.9 Å². The number of carbonyl (C=O) groups is 1. The number of rotatable bonds is 3. The Morgan fingerprint density at radius 1 is 0.833 bits per heavy atom. The molecule has 5 nitrogen and oxygen atoms in total. The van der Waals surface area contributed by atoms with Crippen molar-refractivity contribution in [2.75, 3.05) is 0 Å². The third-order valence-electron chi connectivity index (χ3n) is 7.09. The minimum Gasteiger partial charge on any atom is -0.512 e. The average Bonchev–Trinajstić information content (AvgIpc) is 3.52. The predicted molar refractivity (Wildman–Crippen MR) is 165 cm³/mol. The Kier molecular flexibility index (Phi) is 8.13. The molecule has 42 heavy (non-hydrogen) atoms. The second-order valence-electron chi connectivity index (χ2n) is 10.2. The van der Waals surface area contributed by atoms with Gasteiger partial charge in [-0.25, -0.2) is 0 Å². The molecule has 0 aliphatic carbocycles. The summed E-state index contributed by atoms with van der Waals surface area (Å²) in [5.41, 5.74) is 9.70.